The molecule has 2 unspecified atom stereocenters. The Bertz CT molecular complexity index is 456. The third-order valence-electron chi connectivity index (χ3n) is 4.31. The van der Waals surface area contributed by atoms with Crippen LogP contribution in [0.3, 0.4) is 0 Å². The van der Waals surface area contributed by atoms with Crippen LogP contribution in [-0.4, -0.2) is 24.1 Å². The summed E-state index contributed by atoms with van der Waals surface area (Å²) < 4.78 is 0. The maximum atomic E-state index is 4.77. The van der Waals surface area contributed by atoms with Crippen LogP contribution in [0.4, 0.5) is 5.82 Å². The number of pyridine rings is 1. The third-order valence-corrected chi connectivity index (χ3v) is 4.31. The molecule has 1 aromatic heterocycles. The normalized spacial score (nSPS) is 22.9. The second kappa shape index (κ2) is 7.26. The molecule has 3 heteroatoms. The highest BCUT2D eigenvalue weighted by Gasteiger charge is 2.24. The fourth-order valence-electron chi connectivity index (χ4n) is 3.22. The van der Waals surface area contributed by atoms with Crippen LogP contribution in [-0.2, 0) is 6.54 Å². The Hall–Kier alpha value is -1.09. The summed E-state index contributed by atoms with van der Waals surface area (Å²) in [5.41, 5.74) is 2.48. The summed E-state index contributed by atoms with van der Waals surface area (Å²) in [5.74, 6) is 2.69. The van der Waals surface area contributed by atoms with E-state index in [4.69, 9.17) is 4.98 Å². The van der Waals surface area contributed by atoms with Gasteiger partial charge in [0.2, 0.25) is 0 Å². The number of nitrogens with one attached hydrogen (secondary N) is 1. The second-order valence-electron chi connectivity index (χ2n) is 7.17. The third kappa shape index (κ3) is 4.70. The number of anilines is 1. The average Bonchev–Trinajstić information content (AvgIpc) is 2.37. The zero-order valence-corrected chi connectivity index (χ0v) is 14.3. The molecule has 0 saturated carbocycles. The van der Waals surface area contributed by atoms with Gasteiger partial charge in [0.1, 0.15) is 5.82 Å². The molecule has 0 bridgehead atoms. The highest BCUT2D eigenvalue weighted by Crippen LogP contribution is 2.27. The van der Waals surface area contributed by atoms with Gasteiger partial charge in [0, 0.05) is 24.8 Å². The highest BCUT2D eigenvalue weighted by molar-refractivity contribution is 5.44. The summed E-state index contributed by atoms with van der Waals surface area (Å²) in [6.45, 7) is 14.4. The van der Waals surface area contributed by atoms with E-state index in [1.165, 1.54) is 18.4 Å². The molecular weight excluding hydrogens is 258 g/mol. The van der Waals surface area contributed by atoms with Gasteiger partial charge in [0.05, 0.1) is 0 Å². The number of aryl methyl sites for hydroxylation is 1. The SMILES string of the molecule is Cc1cc(CNCC(C)C)cc(N2CCC(C)CC2C)n1. The number of rotatable bonds is 5. The first-order valence-corrected chi connectivity index (χ1v) is 8.40. The lowest BCUT2D eigenvalue weighted by atomic mass is 9.93. The van der Waals surface area contributed by atoms with Crippen molar-refractivity contribution in [3.63, 3.8) is 0 Å². The van der Waals surface area contributed by atoms with Gasteiger partial charge >= 0.3 is 0 Å². The summed E-state index contributed by atoms with van der Waals surface area (Å²) in [6.07, 6.45) is 2.55. The zero-order valence-electron chi connectivity index (χ0n) is 14.3. The minimum Gasteiger partial charge on any atom is -0.354 e. The van der Waals surface area contributed by atoms with Crippen molar-refractivity contribution in [2.75, 3.05) is 18.0 Å². The van der Waals surface area contributed by atoms with Crippen LogP contribution in [0, 0.1) is 18.8 Å². The standard InChI is InChI=1S/C18H31N3/c1-13(2)11-19-12-17-9-15(4)20-18(10-17)21-7-6-14(3)8-16(21)5/h9-10,13-14,16,19H,6-8,11-12H2,1-5H3. The minimum atomic E-state index is 0.597. The van der Waals surface area contributed by atoms with Crippen molar-refractivity contribution in [3.05, 3.63) is 23.4 Å². The van der Waals surface area contributed by atoms with Crippen molar-refractivity contribution >= 4 is 5.82 Å². The van der Waals surface area contributed by atoms with Crippen LogP contribution in [0.2, 0.25) is 0 Å². The van der Waals surface area contributed by atoms with Crippen molar-refractivity contribution < 1.29 is 0 Å². The Morgan fingerprint density at radius 3 is 2.76 bits per heavy atom. The van der Waals surface area contributed by atoms with E-state index in [0.29, 0.717) is 12.0 Å². The second-order valence-corrected chi connectivity index (χ2v) is 7.17. The van der Waals surface area contributed by atoms with E-state index in [1.54, 1.807) is 0 Å². The molecule has 0 aliphatic carbocycles. The van der Waals surface area contributed by atoms with Crippen LogP contribution in [0.5, 0.6) is 0 Å². The summed E-state index contributed by atoms with van der Waals surface area (Å²) in [7, 11) is 0. The van der Waals surface area contributed by atoms with Gasteiger partial charge < -0.3 is 10.2 Å². The largest absolute Gasteiger partial charge is 0.354 e. The molecular formula is C18H31N3. The van der Waals surface area contributed by atoms with Gasteiger partial charge in [0.15, 0.2) is 0 Å². The average molecular weight is 289 g/mol. The van der Waals surface area contributed by atoms with E-state index < -0.39 is 0 Å². The molecule has 0 spiro atoms. The van der Waals surface area contributed by atoms with Gasteiger partial charge in [-0.25, -0.2) is 4.98 Å². The molecule has 0 radical (unpaired) electrons. The van der Waals surface area contributed by atoms with Crippen LogP contribution >= 0.6 is 0 Å². The molecule has 1 aliphatic rings. The topological polar surface area (TPSA) is 28.2 Å². The maximum absolute atomic E-state index is 4.77. The lowest BCUT2D eigenvalue weighted by Crippen LogP contribution is -2.40. The number of hydrogen-bond donors (Lipinski definition) is 1. The molecule has 1 aliphatic heterocycles. The van der Waals surface area contributed by atoms with Gasteiger partial charge in [0.25, 0.3) is 0 Å². The van der Waals surface area contributed by atoms with Crippen molar-refractivity contribution in [2.24, 2.45) is 11.8 Å². The zero-order chi connectivity index (χ0) is 15.4. The summed E-state index contributed by atoms with van der Waals surface area (Å²) in [5, 5.41) is 3.53. The number of hydrogen-bond acceptors (Lipinski definition) is 3. The van der Waals surface area contributed by atoms with Crippen LogP contribution in [0.1, 0.15) is 51.8 Å². The molecule has 0 aromatic carbocycles. The predicted octanol–water partition coefficient (Wildman–Crippen LogP) is 3.76. The van der Waals surface area contributed by atoms with Crippen molar-refractivity contribution in [1.82, 2.24) is 10.3 Å². The molecule has 0 amide bonds. The molecule has 3 nitrogen and oxygen atoms in total. The van der Waals surface area contributed by atoms with Crippen molar-refractivity contribution in [2.45, 2.75) is 60.0 Å². The maximum Gasteiger partial charge on any atom is 0.129 e. The predicted molar refractivity (Wildman–Crippen MR) is 90.7 cm³/mol. The van der Waals surface area contributed by atoms with Crippen LogP contribution in [0.15, 0.2) is 12.1 Å². The lowest BCUT2D eigenvalue weighted by Gasteiger charge is -2.37. The number of aromatic nitrogens is 1. The fourth-order valence-corrected chi connectivity index (χ4v) is 3.22. The minimum absolute atomic E-state index is 0.597. The monoisotopic (exact) mass is 289 g/mol. The highest BCUT2D eigenvalue weighted by atomic mass is 15.2. The molecule has 1 aromatic rings. The molecule has 118 valence electrons. The van der Waals surface area contributed by atoms with Gasteiger partial charge in [-0.3, -0.25) is 0 Å². The van der Waals surface area contributed by atoms with E-state index in [-0.39, 0.29) is 0 Å². The van der Waals surface area contributed by atoms with E-state index in [1.807, 2.05) is 0 Å². The van der Waals surface area contributed by atoms with Crippen LogP contribution in [0.25, 0.3) is 0 Å². The molecule has 1 saturated heterocycles. The van der Waals surface area contributed by atoms with E-state index >= 15 is 0 Å². The Morgan fingerprint density at radius 1 is 1.33 bits per heavy atom. The molecule has 2 rings (SSSR count). The Morgan fingerprint density at radius 2 is 2.10 bits per heavy atom. The van der Waals surface area contributed by atoms with E-state index in [2.05, 4.69) is 57.0 Å². The first kappa shape index (κ1) is 16.3. The summed E-state index contributed by atoms with van der Waals surface area (Å²) >= 11 is 0. The smallest absolute Gasteiger partial charge is 0.129 e. The van der Waals surface area contributed by atoms with E-state index in [9.17, 15) is 0 Å². The number of piperidine rings is 1. The van der Waals surface area contributed by atoms with Crippen LogP contribution < -0.4 is 10.2 Å². The number of nitrogens with zero attached hydrogens (tertiary/aromatic N) is 2. The Kier molecular flexibility index (Phi) is 5.63. The van der Waals surface area contributed by atoms with Gasteiger partial charge in [-0.2, -0.15) is 0 Å². The summed E-state index contributed by atoms with van der Waals surface area (Å²) in [6, 6.07) is 5.07. The summed E-state index contributed by atoms with van der Waals surface area (Å²) in [4.78, 5) is 7.26. The molecule has 21 heavy (non-hydrogen) atoms. The fraction of sp³-hybridized carbons (Fsp3) is 0.722. The molecule has 2 heterocycles. The lowest BCUT2D eigenvalue weighted by molar-refractivity contribution is 0.376. The molecule has 1 fully saturated rings. The Balaban J connectivity index is 2.07. The van der Waals surface area contributed by atoms with E-state index in [0.717, 1.165) is 37.1 Å². The Labute approximate surface area is 130 Å². The van der Waals surface area contributed by atoms with Gasteiger partial charge in [-0.1, -0.05) is 20.8 Å². The van der Waals surface area contributed by atoms with Crippen molar-refractivity contribution in [3.8, 4) is 0 Å². The molecule has 2 atom stereocenters. The van der Waals surface area contributed by atoms with Crippen molar-refractivity contribution in [1.29, 1.82) is 0 Å². The quantitative estimate of drug-likeness (QED) is 0.894. The first-order valence-electron chi connectivity index (χ1n) is 8.40. The van der Waals surface area contributed by atoms with Gasteiger partial charge in [-0.05, 0) is 62.8 Å². The van der Waals surface area contributed by atoms with Gasteiger partial charge in [-0.15, -0.1) is 0 Å². The first-order chi connectivity index (χ1) is 9.95. The molecule has 1 N–H and O–H groups in total.